The van der Waals surface area contributed by atoms with Gasteiger partial charge in [0, 0.05) is 0 Å². The van der Waals surface area contributed by atoms with Gasteiger partial charge in [0.25, 0.3) is 0 Å². The topological polar surface area (TPSA) is 12.5 Å². The molecule has 0 radical (unpaired) electrons. The molecule has 2 heteroatoms. The van der Waals surface area contributed by atoms with E-state index >= 15 is 0 Å². The lowest BCUT2D eigenvalue weighted by Crippen LogP contribution is -2.49. The van der Waals surface area contributed by atoms with Crippen molar-refractivity contribution in [2.75, 3.05) is 26.3 Å². The molecule has 0 aromatic carbocycles. The van der Waals surface area contributed by atoms with Crippen molar-refractivity contribution in [3.8, 4) is 0 Å². The highest BCUT2D eigenvalue weighted by atomic mass is 16.5. The maximum Gasteiger partial charge on any atom is 0.0645 e. The Hall–Kier alpha value is -0.0800. The first-order chi connectivity index (χ1) is 4.88. The molecule has 1 fully saturated rings. The molecule has 1 saturated heterocycles. The van der Waals surface area contributed by atoms with E-state index in [-0.39, 0.29) is 0 Å². The minimum absolute atomic E-state index is 0.727. The summed E-state index contributed by atoms with van der Waals surface area (Å²) >= 11 is 0. The zero-order chi connectivity index (χ0) is 7.40. The third-order valence-corrected chi connectivity index (χ3v) is 2.05. The second kappa shape index (κ2) is 3.94. The van der Waals surface area contributed by atoms with Crippen LogP contribution in [-0.4, -0.2) is 37.2 Å². The van der Waals surface area contributed by atoms with E-state index in [9.17, 15) is 0 Å². The van der Waals surface area contributed by atoms with Gasteiger partial charge in [-0.15, -0.1) is 0 Å². The van der Waals surface area contributed by atoms with Crippen LogP contribution >= 0.6 is 0 Å². The van der Waals surface area contributed by atoms with Gasteiger partial charge in [-0.2, -0.15) is 0 Å². The number of nitrogens with zero attached hydrogens (tertiary/aromatic N) is 1. The first-order valence-corrected chi connectivity index (χ1v) is 4.20. The lowest BCUT2D eigenvalue weighted by atomic mass is 10.2. The predicted molar refractivity (Wildman–Crippen MR) is 42.1 cm³/mol. The first kappa shape index (κ1) is 8.02. The highest BCUT2D eigenvalue weighted by molar-refractivity contribution is 4.75. The molecule has 10 heavy (non-hydrogen) atoms. The number of hydrogen-bond acceptors (Lipinski definition) is 2. The van der Waals surface area contributed by atoms with Gasteiger partial charge in [-0.3, -0.25) is 4.90 Å². The molecule has 0 bridgehead atoms. The second-order valence-corrected chi connectivity index (χ2v) is 2.82. The molecule has 0 unspecified atom stereocenters. The predicted octanol–water partition coefficient (Wildman–Crippen LogP) is 1.12. The molecule has 2 nitrogen and oxygen atoms in total. The Morgan fingerprint density at radius 1 is 1.40 bits per heavy atom. The van der Waals surface area contributed by atoms with Crippen molar-refractivity contribution in [1.82, 2.24) is 4.90 Å². The van der Waals surface area contributed by atoms with Gasteiger partial charge in [0.1, 0.15) is 0 Å². The molecule has 1 rings (SSSR count). The van der Waals surface area contributed by atoms with Gasteiger partial charge in [-0.25, -0.2) is 0 Å². The molecule has 0 aromatic heterocycles. The van der Waals surface area contributed by atoms with Gasteiger partial charge in [0.2, 0.25) is 0 Å². The summed E-state index contributed by atoms with van der Waals surface area (Å²) in [7, 11) is 0. The Labute approximate surface area is 63.2 Å². The van der Waals surface area contributed by atoms with Crippen molar-refractivity contribution in [3.63, 3.8) is 0 Å². The van der Waals surface area contributed by atoms with E-state index in [0.29, 0.717) is 0 Å². The molecular formula is C8H17NO. The van der Waals surface area contributed by atoms with E-state index in [1.807, 2.05) is 0 Å². The summed E-state index contributed by atoms with van der Waals surface area (Å²) in [6.45, 7) is 8.74. The van der Waals surface area contributed by atoms with Gasteiger partial charge in [0.05, 0.1) is 19.3 Å². The lowest BCUT2D eigenvalue weighted by Gasteiger charge is -2.36. The maximum absolute atomic E-state index is 5.12. The van der Waals surface area contributed by atoms with Crippen LogP contribution in [0.5, 0.6) is 0 Å². The van der Waals surface area contributed by atoms with Crippen LogP contribution in [0.4, 0.5) is 0 Å². The normalized spacial score (nSPS) is 19.5. The summed E-state index contributed by atoms with van der Waals surface area (Å²) in [5.74, 6) is 0. The van der Waals surface area contributed by atoms with Gasteiger partial charge >= 0.3 is 0 Å². The van der Waals surface area contributed by atoms with Crippen LogP contribution in [0.15, 0.2) is 0 Å². The third-order valence-electron chi connectivity index (χ3n) is 2.05. The maximum atomic E-state index is 5.12. The minimum atomic E-state index is 0.727. The standard InChI is InChI=1S/C8H17NO/c1-3-5-9(4-2)8-6-10-7-8/h8H,3-7H2,1-2H3. The molecular weight excluding hydrogens is 126 g/mol. The van der Waals surface area contributed by atoms with Gasteiger partial charge < -0.3 is 4.74 Å². The quantitative estimate of drug-likeness (QED) is 0.584. The molecule has 0 aliphatic carbocycles. The fraction of sp³-hybridized carbons (Fsp3) is 1.00. The fourth-order valence-corrected chi connectivity index (χ4v) is 1.32. The van der Waals surface area contributed by atoms with Crippen molar-refractivity contribution in [2.45, 2.75) is 26.3 Å². The smallest absolute Gasteiger partial charge is 0.0645 e. The monoisotopic (exact) mass is 143 g/mol. The number of likely N-dealkylation sites (N-methyl/N-ethyl adjacent to an activating group) is 1. The van der Waals surface area contributed by atoms with E-state index in [4.69, 9.17) is 4.74 Å². The highest BCUT2D eigenvalue weighted by Crippen LogP contribution is 2.09. The van der Waals surface area contributed by atoms with Crippen LogP contribution in [0.3, 0.4) is 0 Å². The molecule has 60 valence electrons. The molecule has 1 heterocycles. The summed E-state index contributed by atoms with van der Waals surface area (Å²) < 4.78 is 5.12. The second-order valence-electron chi connectivity index (χ2n) is 2.82. The molecule has 0 aromatic rings. The van der Waals surface area contributed by atoms with Crippen LogP contribution in [-0.2, 0) is 4.74 Å². The van der Waals surface area contributed by atoms with Gasteiger partial charge in [0.15, 0.2) is 0 Å². The summed E-state index contributed by atoms with van der Waals surface area (Å²) in [4.78, 5) is 2.49. The van der Waals surface area contributed by atoms with Crippen LogP contribution in [0.2, 0.25) is 0 Å². The van der Waals surface area contributed by atoms with Crippen molar-refractivity contribution in [1.29, 1.82) is 0 Å². The zero-order valence-electron chi connectivity index (χ0n) is 6.97. The van der Waals surface area contributed by atoms with Crippen LogP contribution < -0.4 is 0 Å². The Kier molecular flexibility index (Phi) is 3.16. The SMILES string of the molecule is CCCN(CC)C1COC1. The number of rotatable bonds is 4. The van der Waals surface area contributed by atoms with Crippen molar-refractivity contribution < 1.29 is 4.74 Å². The Balaban J connectivity index is 2.17. The van der Waals surface area contributed by atoms with Crippen LogP contribution in [0.1, 0.15) is 20.3 Å². The average Bonchev–Trinajstić information content (AvgIpc) is 1.83. The Morgan fingerprint density at radius 2 is 2.10 bits per heavy atom. The largest absolute Gasteiger partial charge is 0.378 e. The molecule has 1 aliphatic rings. The van der Waals surface area contributed by atoms with Crippen molar-refractivity contribution in [2.24, 2.45) is 0 Å². The molecule has 0 spiro atoms. The zero-order valence-corrected chi connectivity index (χ0v) is 6.97. The van der Waals surface area contributed by atoms with E-state index in [2.05, 4.69) is 18.7 Å². The van der Waals surface area contributed by atoms with E-state index < -0.39 is 0 Å². The molecule has 0 atom stereocenters. The van der Waals surface area contributed by atoms with Gasteiger partial charge in [-0.1, -0.05) is 13.8 Å². The lowest BCUT2D eigenvalue weighted by molar-refractivity contribution is -0.0630. The van der Waals surface area contributed by atoms with Crippen LogP contribution in [0, 0.1) is 0 Å². The van der Waals surface area contributed by atoms with Crippen molar-refractivity contribution >= 4 is 0 Å². The summed E-state index contributed by atoms with van der Waals surface area (Å²) in [6.07, 6.45) is 1.25. The van der Waals surface area contributed by atoms with Crippen LogP contribution in [0.25, 0.3) is 0 Å². The van der Waals surface area contributed by atoms with E-state index in [1.54, 1.807) is 0 Å². The molecule has 0 amide bonds. The fourth-order valence-electron chi connectivity index (χ4n) is 1.32. The van der Waals surface area contributed by atoms with E-state index in [0.717, 1.165) is 19.3 Å². The van der Waals surface area contributed by atoms with Crippen molar-refractivity contribution in [3.05, 3.63) is 0 Å². The summed E-state index contributed by atoms with van der Waals surface area (Å²) in [5, 5.41) is 0. The first-order valence-electron chi connectivity index (χ1n) is 4.20. The third kappa shape index (κ3) is 1.70. The molecule has 0 saturated carbocycles. The van der Waals surface area contributed by atoms with E-state index in [1.165, 1.54) is 19.5 Å². The van der Waals surface area contributed by atoms with Gasteiger partial charge in [-0.05, 0) is 19.5 Å². The minimum Gasteiger partial charge on any atom is -0.378 e. The summed E-state index contributed by atoms with van der Waals surface area (Å²) in [6, 6.07) is 0.727. The number of ether oxygens (including phenoxy) is 1. The average molecular weight is 143 g/mol. The Bertz CT molecular complexity index is 91.3. The molecule has 1 aliphatic heterocycles. The number of hydrogen-bond donors (Lipinski definition) is 0. The highest BCUT2D eigenvalue weighted by Gasteiger charge is 2.23. The molecule has 0 N–H and O–H groups in total. The Morgan fingerprint density at radius 3 is 2.40 bits per heavy atom. The summed E-state index contributed by atoms with van der Waals surface area (Å²) in [5.41, 5.74) is 0.